The molecule has 8 heteroatoms. The van der Waals surface area contributed by atoms with Gasteiger partial charge in [0.2, 0.25) is 0 Å². The third kappa shape index (κ3) is 3.68. The van der Waals surface area contributed by atoms with E-state index in [1.807, 2.05) is 6.20 Å². The lowest BCUT2D eigenvalue weighted by Crippen LogP contribution is -2.36. The van der Waals surface area contributed by atoms with Crippen LogP contribution < -0.4 is 21.7 Å². The molecule has 0 radical (unpaired) electrons. The summed E-state index contributed by atoms with van der Waals surface area (Å²) in [6, 6.07) is 8.82. The van der Waals surface area contributed by atoms with Gasteiger partial charge in [-0.25, -0.2) is 9.50 Å². The number of imidazole rings is 1. The van der Waals surface area contributed by atoms with E-state index in [-0.39, 0.29) is 6.04 Å². The van der Waals surface area contributed by atoms with Crippen LogP contribution in [0.3, 0.4) is 0 Å². The Morgan fingerprint density at radius 2 is 1.77 bits per heavy atom. The second-order valence-electron chi connectivity index (χ2n) is 8.25. The van der Waals surface area contributed by atoms with Gasteiger partial charge in [-0.2, -0.15) is 0 Å². The average molecular weight is 408 g/mol. The summed E-state index contributed by atoms with van der Waals surface area (Å²) in [5.41, 5.74) is 17.6. The maximum absolute atomic E-state index is 6.44. The number of morpholine rings is 1. The number of nitrogens with zero attached hydrogens (tertiary/aromatic N) is 4. The molecule has 30 heavy (non-hydrogen) atoms. The summed E-state index contributed by atoms with van der Waals surface area (Å²) in [6.45, 7) is 3.41. The van der Waals surface area contributed by atoms with Crippen LogP contribution in [0.2, 0.25) is 0 Å². The van der Waals surface area contributed by atoms with Crippen molar-refractivity contribution < 1.29 is 4.74 Å². The molecule has 1 aromatic carbocycles. The third-order valence-corrected chi connectivity index (χ3v) is 6.30. The van der Waals surface area contributed by atoms with Gasteiger partial charge in [0.05, 0.1) is 18.9 Å². The minimum Gasteiger partial charge on any atom is -0.382 e. The minimum atomic E-state index is 0.287. The molecule has 8 nitrogen and oxygen atoms in total. The topological polar surface area (TPSA) is 107 Å². The molecule has 0 bridgehead atoms. The van der Waals surface area contributed by atoms with E-state index in [0.29, 0.717) is 11.7 Å². The Morgan fingerprint density at radius 1 is 1.03 bits per heavy atom. The van der Waals surface area contributed by atoms with Crippen molar-refractivity contribution in [3.63, 3.8) is 0 Å². The highest BCUT2D eigenvalue weighted by atomic mass is 16.5. The van der Waals surface area contributed by atoms with Crippen molar-refractivity contribution >= 4 is 28.5 Å². The molecule has 2 aromatic heterocycles. The highest BCUT2D eigenvalue weighted by Crippen LogP contribution is 2.41. The van der Waals surface area contributed by atoms with E-state index in [1.54, 1.807) is 10.7 Å². The number of aromatic nitrogens is 3. The molecule has 158 valence electrons. The number of fused-ring (bicyclic) bond motifs is 1. The summed E-state index contributed by atoms with van der Waals surface area (Å²) in [7, 11) is 0. The van der Waals surface area contributed by atoms with Gasteiger partial charge in [-0.3, -0.25) is 0 Å². The molecule has 0 spiro atoms. The SMILES string of the molecule is Nc1nn2ccnc2c(Nc2ccc(N3CCOCC3)cc2)c1C1CCC(N)CC1. The van der Waals surface area contributed by atoms with Crippen molar-refractivity contribution in [1.82, 2.24) is 14.6 Å². The molecule has 0 unspecified atom stereocenters. The summed E-state index contributed by atoms with van der Waals surface area (Å²) in [5, 5.41) is 8.15. The van der Waals surface area contributed by atoms with E-state index in [1.165, 1.54) is 5.69 Å². The van der Waals surface area contributed by atoms with Crippen LogP contribution in [0.5, 0.6) is 0 Å². The van der Waals surface area contributed by atoms with E-state index >= 15 is 0 Å². The highest BCUT2D eigenvalue weighted by molar-refractivity contribution is 5.81. The van der Waals surface area contributed by atoms with Crippen molar-refractivity contribution in [3.05, 3.63) is 42.2 Å². The van der Waals surface area contributed by atoms with Gasteiger partial charge in [-0.05, 0) is 55.9 Å². The number of hydrogen-bond acceptors (Lipinski definition) is 7. The standard InChI is InChI=1S/C22H29N7O/c23-16-3-1-15(2-4-16)19-20(22-25-9-10-29(22)27-21(19)24)26-17-5-7-18(8-6-17)28-11-13-30-14-12-28/h5-10,15-16,26H,1-4,11-14,23H2,(H2,24,27). The summed E-state index contributed by atoms with van der Waals surface area (Å²) in [5.74, 6) is 0.905. The van der Waals surface area contributed by atoms with Crippen molar-refractivity contribution in [2.75, 3.05) is 42.3 Å². The predicted molar refractivity (Wildman–Crippen MR) is 119 cm³/mol. The van der Waals surface area contributed by atoms with Crippen molar-refractivity contribution in [2.24, 2.45) is 5.73 Å². The summed E-state index contributed by atoms with van der Waals surface area (Å²) < 4.78 is 7.20. The largest absolute Gasteiger partial charge is 0.382 e. The Morgan fingerprint density at radius 3 is 2.50 bits per heavy atom. The van der Waals surface area contributed by atoms with Gasteiger partial charge in [0, 0.05) is 48.5 Å². The molecule has 3 heterocycles. The van der Waals surface area contributed by atoms with Crippen LogP contribution in [-0.4, -0.2) is 46.9 Å². The second-order valence-corrected chi connectivity index (χ2v) is 8.25. The zero-order chi connectivity index (χ0) is 20.5. The number of ether oxygens (including phenoxy) is 1. The van der Waals surface area contributed by atoms with Gasteiger partial charge in [-0.1, -0.05) is 0 Å². The molecule has 1 saturated heterocycles. The number of hydrogen-bond donors (Lipinski definition) is 3. The maximum atomic E-state index is 6.44. The number of nitrogen functional groups attached to an aromatic ring is 1. The van der Waals surface area contributed by atoms with Crippen molar-refractivity contribution in [3.8, 4) is 0 Å². The molecule has 1 aliphatic carbocycles. The molecular formula is C22H29N7O. The fourth-order valence-electron chi connectivity index (χ4n) is 4.64. The van der Waals surface area contributed by atoms with Crippen LogP contribution in [0.25, 0.3) is 5.65 Å². The first-order valence-electron chi connectivity index (χ1n) is 10.8. The molecule has 5 N–H and O–H groups in total. The van der Waals surface area contributed by atoms with E-state index in [9.17, 15) is 0 Å². The first kappa shape index (κ1) is 19.1. The Bertz CT molecular complexity index is 1000. The normalized spacial score (nSPS) is 22.4. The van der Waals surface area contributed by atoms with Crippen LogP contribution >= 0.6 is 0 Å². The summed E-state index contributed by atoms with van der Waals surface area (Å²) in [4.78, 5) is 6.90. The van der Waals surface area contributed by atoms with E-state index in [2.05, 4.69) is 44.6 Å². The Kier molecular flexibility index (Phi) is 5.18. The van der Waals surface area contributed by atoms with Gasteiger partial charge in [-0.15, -0.1) is 5.10 Å². The maximum Gasteiger partial charge on any atom is 0.177 e. The molecule has 1 saturated carbocycles. The number of rotatable bonds is 4. The van der Waals surface area contributed by atoms with Gasteiger partial charge in [0.15, 0.2) is 5.65 Å². The Balaban J connectivity index is 1.47. The summed E-state index contributed by atoms with van der Waals surface area (Å²) in [6.07, 6.45) is 7.66. The monoisotopic (exact) mass is 407 g/mol. The zero-order valence-electron chi connectivity index (χ0n) is 17.1. The lowest BCUT2D eigenvalue weighted by atomic mass is 9.81. The van der Waals surface area contributed by atoms with E-state index in [0.717, 1.165) is 74.6 Å². The lowest BCUT2D eigenvalue weighted by Gasteiger charge is -2.29. The Labute approximate surface area is 176 Å². The van der Waals surface area contributed by atoms with Gasteiger partial charge >= 0.3 is 0 Å². The molecule has 2 aliphatic rings. The van der Waals surface area contributed by atoms with Gasteiger partial charge in [0.25, 0.3) is 0 Å². The highest BCUT2D eigenvalue weighted by Gasteiger charge is 2.27. The summed E-state index contributed by atoms with van der Waals surface area (Å²) >= 11 is 0. The number of nitrogens with two attached hydrogens (primary N) is 2. The van der Waals surface area contributed by atoms with Crippen LogP contribution in [-0.2, 0) is 4.74 Å². The lowest BCUT2D eigenvalue weighted by molar-refractivity contribution is 0.122. The van der Waals surface area contributed by atoms with E-state index in [4.69, 9.17) is 16.2 Å². The number of benzene rings is 1. The third-order valence-electron chi connectivity index (χ3n) is 6.30. The fraction of sp³-hybridized carbons (Fsp3) is 0.455. The van der Waals surface area contributed by atoms with Crippen LogP contribution in [0, 0.1) is 0 Å². The average Bonchev–Trinajstić information content (AvgIpc) is 3.24. The van der Waals surface area contributed by atoms with Crippen molar-refractivity contribution in [2.45, 2.75) is 37.6 Å². The molecule has 0 atom stereocenters. The van der Waals surface area contributed by atoms with Gasteiger partial charge in [0.1, 0.15) is 5.82 Å². The molecule has 0 amide bonds. The molecular weight excluding hydrogens is 378 g/mol. The van der Waals surface area contributed by atoms with Crippen LogP contribution in [0.15, 0.2) is 36.7 Å². The molecule has 5 rings (SSSR count). The van der Waals surface area contributed by atoms with Crippen molar-refractivity contribution in [1.29, 1.82) is 0 Å². The Hall–Kier alpha value is -2.84. The zero-order valence-corrected chi connectivity index (χ0v) is 17.1. The first-order valence-corrected chi connectivity index (χ1v) is 10.8. The van der Waals surface area contributed by atoms with Gasteiger partial charge < -0.3 is 26.4 Å². The van der Waals surface area contributed by atoms with E-state index < -0.39 is 0 Å². The number of nitrogens with one attached hydrogen (secondary N) is 1. The minimum absolute atomic E-state index is 0.287. The fourth-order valence-corrected chi connectivity index (χ4v) is 4.64. The first-order chi connectivity index (χ1) is 14.7. The molecule has 2 fully saturated rings. The number of anilines is 4. The smallest absolute Gasteiger partial charge is 0.177 e. The quantitative estimate of drug-likeness (QED) is 0.610. The van der Waals surface area contributed by atoms with Crippen LogP contribution in [0.4, 0.5) is 22.9 Å². The van der Waals surface area contributed by atoms with Crippen LogP contribution in [0.1, 0.15) is 37.2 Å². The second kappa shape index (κ2) is 8.12. The molecule has 3 aromatic rings. The molecule has 1 aliphatic heterocycles. The predicted octanol–water partition coefficient (Wildman–Crippen LogP) is 2.88.